The number of benzene rings is 1. The van der Waals surface area contributed by atoms with Gasteiger partial charge in [-0.25, -0.2) is 12.7 Å². The predicted molar refractivity (Wildman–Crippen MR) is 81.7 cm³/mol. The van der Waals surface area contributed by atoms with Crippen LogP contribution in [0.5, 0.6) is 0 Å². The number of rotatable bonds is 4. The van der Waals surface area contributed by atoms with E-state index in [-0.39, 0.29) is 35.0 Å². The lowest BCUT2D eigenvalue weighted by Gasteiger charge is -2.17. The second-order valence-electron chi connectivity index (χ2n) is 4.65. The molecule has 1 heterocycles. The first-order chi connectivity index (χ1) is 10.8. The van der Waals surface area contributed by atoms with E-state index in [9.17, 15) is 22.8 Å². The average Bonchev–Trinajstić information content (AvgIpc) is 2.78. The van der Waals surface area contributed by atoms with Gasteiger partial charge in [0.25, 0.3) is 5.91 Å². The van der Waals surface area contributed by atoms with Crippen LogP contribution < -0.4 is 9.62 Å². The van der Waals surface area contributed by atoms with Gasteiger partial charge in [-0.05, 0) is 18.2 Å². The van der Waals surface area contributed by atoms with Gasteiger partial charge in [0.15, 0.2) is 0 Å². The van der Waals surface area contributed by atoms with E-state index >= 15 is 0 Å². The summed E-state index contributed by atoms with van der Waals surface area (Å²) in [5.41, 5.74) is -0.0249. The molecule has 1 aliphatic heterocycles. The third kappa shape index (κ3) is 3.62. The Bertz CT molecular complexity index is 777. The smallest absolute Gasteiger partial charge is 0.325 e. The van der Waals surface area contributed by atoms with Crippen molar-refractivity contribution >= 4 is 45.1 Å². The molecular formula is C13H13ClN2O6S. The molecule has 0 aliphatic carbocycles. The van der Waals surface area contributed by atoms with E-state index in [1.165, 1.54) is 25.3 Å². The normalized spacial score (nSPS) is 16.3. The van der Waals surface area contributed by atoms with Crippen LogP contribution in [0.15, 0.2) is 18.2 Å². The first kappa shape index (κ1) is 17.2. The Morgan fingerprint density at radius 1 is 1.39 bits per heavy atom. The highest BCUT2D eigenvalue weighted by Crippen LogP contribution is 2.32. The number of sulfonamides is 1. The molecule has 10 heteroatoms. The molecule has 0 bridgehead atoms. The Morgan fingerprint density at radius 3 is 2.65 bits per heavy atom. The summed E-state index contributed by atoms with van der Waals surface area (Å²) >= 11 is 5.96. The van der Waals surface area contributed by atoms with Crippen LogP contribution in [0.4, 0.5) is 5.69 Å². The summed E-state index contributed by atoms with van der Waals surface area (Å²) in [6, 6.07) is 3.85. The number of carbonyl (C=O) groups is 3. The minimum Gasteiger partial charge on any atom is -0.468 e. The van der Waals surface area contributed by atoms with E-state index in [1.807, 2.05) is 0 Å². The van der Waals surface area contributed by atoms with Gasteiger partial charge in [-0.1, -0.05) is 11.6 Å². The Balaban J connectivity index is 2.31. The van der Waals surface area contributed by atoms with Gasteiger partial charge in [-0.15, -0.1) is 0 Å². The van der Waals surface area contributed by atoms with Crippen LogP contribution in [-0.4, -0.2) is 45.6 Å². The zero-order valence-electron chi connectivity index (χ0n) is 12.0. The average molecular weight is 361 g/mol. The van der Waals surface area contributed by atoms with Crippen molar-refractivity contribution in [2.24, 2.45) is 0 Å². The van der Waals surface area contributed by atoms with Crippen LogP contribution in [0.3, 0.4) is 0 Å². The summed E-state index contributed by atoms with van der Waals surface area (Å²) in [4.78, 5) is 34.8. The number of carbonyl (C=O) groups excluding carboxylic acids is 3. The second-order valence-corrected chi connectivity index (χ2v) is 6.99. The molecule has 1 fully saturated rings. The molecule has 0 spiro atoms. The fraction of sp³-hybridized carbons (Fsp3) is 0.308. The Kier molecular flexibility index (Phi) is 4.90. The van der Waals surface area contributed by atoms with Gasteiger partial charge < -0.3 is 10.1 Å². The molecule has 2 amide bonds. The zero-order valence-corrected chi connectivity index (χ0v) is 13.6. The third-order valence-electron chi connectivity index (χ3n) is 3.13. The SMILES string of the molecule is COC(=O)CNC(=O)c1ccc(Cl)c(N2C(=O)CCS2(=O)=O)c1. The highest BCUT2D eigenvalue weighted by atomic mass is 35.5. The lowest BCUT2D eigenvalue weighted by atomic mass is 10.2. The highest BCUT2D eigenvalue weighted by molar-refractivity contribution is 7.94. The summed E-state index contributed by atoms with van der Waals surface area (Å²) in [6.07, 6.45) is -0.141. The van der Waals surface area contributed by atoms with Gasteiger partial charge in [-0.2, -0.15) is 0 Å². The van der Waals surface area contributed by atoms with Crippen molar-refractivity contribution in [1.82, 2.24) is 5.32 Å². The van der Waals surface area contributed by atoms with Crippen LogP contribution >= 0.6 is 11.6 Å². The second kappa shape index (κ2) is 6.55. The number of nitrogens with zero attached hydrogens (tertiary/aromatic N) is 1. The lowest BCUT2D eigenvalue weighted by Crippen LogP contribution is -2.31. The maximum Gasteiger partial charge on any atom is 0.325 e. The number of methoxy groups -OCH3 is 1. The number of ether oxygens (including phenoxy) is 1. The number of esters is 1. The minimum absolute atomic E-state index is 0.0216. The largest absolute Gasteiger partial charge is 0.468 e. The van der Waals surface area contributed by atoms with Crippen molar-refractivity contribution in [3.05, 3.63) is 28.8 Å². The quantitative estimate of drug-likeness (QED) is 0.774. The Labute approximate surface area is 137 Å². The van der Waals surface area contributed by atoms with E-state index in [4.69, 9.17) is 11.6 Å². The van der Waals surface area contributed by atoms with Crippen molar-refractivity contribution < 1.29 is 27.5 Å². The van der Waals surface area contributed by atoms with Crippen LogP contribution in [0.2, 0.25) is 5.02 Å². The van der Waals surface area contributed by atoms with E-state index in [1.54, 1.807) is 0 Å². The molecule has 0 unspecified atom stereocenters. The molecule has 1 saturated heterocycles. The van der Waals surface area contributed by atoms with Gasteiger partial charge in [0.05, 0.1) is 23.6 Å². The highest BCUT2D eigenvalue weighted by Gasteiger charge is 2.37. The van der Waals surface area contributed by atoms with Gasteiger partial charge in [0.1, 0.15) is 6.54 Å². The molecule has 124 valence electrons. The number of amides is 2. The molecule has 0 radical (unpaired) electrons. The molecule has 1 N–H and O–H groups in total. The van der Waals surface area contributed by atoms with Gasteiger partial charge in [0, 0.05) is 12.0 Å². The van der Waals surface area contributed by atoms with E-state index in [0.717, 1.165) is 0 Å². The van der Waals surface area contributed by atoms with Crippen molar-refractivity contribution in [3.8, 4) is 0 Å². The molecule has 1 aromatic rings. The maximum absolute atomic E-state index is 12.0. The summed E-state index contributed by atoms with van der Waals surface area (Å²) in [6.45, 7) is -0.339. The number of halogens is 1. The molecule has 0 atom stereocenters. The molecule has 8 nitrogen and oxygen atoms in total. The molecule has 23 heavy (non-hydrogen) atoms. The third-order valence-corrected chi connectivity index (χ3v) is 5.12. The van der Waals surface area contributed by atoms with E-state index in [2.05, 4.69) is 10.1 Å². The summed E-state index contributed by atoms with van der Waals surface area (Å²) in [5.74, 6) is -2.18. The summed E-state index contributed by atoms with van der Waals surface area (Å²) < 4.78 is 28.9. The Hall–Kier alpha value is -2.13. The molecule has 1 aliphatic rings. The maximum atomic E-state index is 12.0. The van der Waals surface area contributed by atoms with Crippen molar-refractivity contribution in [1.29, 1.82) is 0 Å². The van der Waals surface area contributed by atoms with Crippen molar-refractivity contribution in [2.75, 3.05) is 23.7 Å². The van der Waals surface area contributed by atoms with Crippen LogP contribution in [-0.2, 0) is 24.3 Å². The first-order valence-electron chi connectivity index (χ1n) is 6.46. The van der Waals surface area contributed by atoms with E-state index < -0.39 is 27.8 Å². The van der Waals surface area contributed by atoms with Crippen LogP contribution in [0.25, 0.3) is 0 Å². The number of nitrogens with one attached hydrogen (secondary N) is 1. The lowest BCUT2D eigenvalue weighted by molar-refractivity contribution is -0.139. The Morgan fingerprint density at radius 2 is 2.09 bits per heavy atom. The number of hydrogen-bond acceptors (Lipinski definition) is 6. The molecule has 0 aromatic heterocycles. The molecular weight excluding hydrogens is 348 g/mol. The van der Waals surface area contributed by atoms with Gasteiger partial charge in [-0.3, -0.25) is 14.4 Å². The number of hydrogen-bond donors (Lipinski definition) is 1. The molecule has 2 rings (SSSR count). The van der Waals surface area contributed by atoms with E-state index in [0.29, 0.717) is 4.31 Å². The van der Waals surface area contributed by atoms with Crippen molar-refractivity contribution in [3.63, 3.8) is 0 Å². The van der Waals surface area contributed by atoms with Crippen molar-refractivity contribution in [2.45, 2.75) is 6.42 Å². The monoisotopic (exact) mass is 360 g/mol. The summed E-state index contributed by atoms with van der Waals surface area (Å²) in [5, 5.41) is 2.33. The molecule has 0 saturated carbocycles. The minimum atomic E-state index is -3.79. The fourth-order valence-corrected chi connectivity index (χ4v) is 3.70. The summed E-state index contributed by atoms with van der Waals surface area (Å²) in [7, 11) is -2.61. The standard InChI is InChI=1S/C13H13ClN2O6S/c1-22-12(18)7-15-13(19)8-2-3-9(14)10(6-8)16-11(17)4-5-23(16,20)21/h2-3,6H,4-5,7H2,1H3,(H,15,19). The predicted octanol–water partition coefficient (Wildman–Crippen LogP) is 0.309. The van der Waals surface area contributed by atoms with Crippen LogP contribution in [0.1, 0.15) is 16.8 Å². The zero-order chi connectivity index (χ0) is 17.2. The van der Waals surface area contributed by atoms with Crippen LogP contribution in [0, 0.1) is 0 Å². The number of anilines is 1. The first-order valence-corrected chi connectivity index (χ1v) is 8.45. The topological polar surface area (TPSA) is 110 Å². The fourth-order valence-electron chi connectivity index (χ4n) is 1.98. The van der Waals surface area contributed by atoms with Gasteiger partial charge in [0.2, 0.25) is 15.9 Å². The van der Waals surface area contributed by atoms with Gasteiger partial charge >= 0.3 is 5.97 Å². The molecule has 1 aromatic carbocycles.